The third-order valence-electron chi connectivity index (χ3n) is 13.2. The topological polar surface area (TPSA) is 396 Å². The first kappa shape index (κ1) is 67.9. The van der Waals surface area contributed by atoms with E-state index >= 15 is 0 Å². The molecular weight excluding hydrogens is 1210 g/mol. The lowest BCUT2D eigenvalue weighted by Gasteiger charge is -2.11. The number of ether oxygens (including phenoxy) is 3. The lowest BCUT2D eigenvalue weighted by atomic mass is 10.2. The molecule has 1 amide bonds. The molecule has 0 atom stereocenters. The number of fused-ring (bicyclic) bond motifs is 4. The van der Waals surface area contributed by atoms with Gasteiger partial charge in [0.25, 0.3) is 11.6 Å². The average Bonchev–Trinajstić information content (AvgIpc) is 1.71. The number of nitrogens with one attached hydrogen (secondary N) is 6. The van der Waals surface area contributed by atoms with E-state index in [-0.39, 0.29) is 29.5 Å². The van der Waals surface area contributed by atoms with E-state index < -0.39 is 39.3 Å². The molecule has 31 nitrogen and oxygen atoms in total. The van der Waals surface area contributed by atoms with Gasteiger partial charge in [-0.3, -0.25) is 48.4 Å². The van der Waals surface area contributed by atoms with Crippen molar-refractivity contribution >= 4 is 104 Å². The van der Waals surface area contributed by atoms with Crippen LogP contribution in [0.2, 0.25) is 0 Å². The maximum atomic E-state index is 12.4. The predicted molar refractivity (Wildman–Crippen MR) is 347 cm³/mol. The van der Waals surface area contributed by atoms with Crippen molar-refractivity contribution in [2.45, 2.75) is 27.3 Å². The summed E-state index contributed by atoms with van der Waals surface area (Å²) in [6.45, 7) is 6.91. The summed E-state index contributed by atoms with van der Waals surface area (Å²) in [4.78, 5) is 66.4. The van der Waals surface area contributed by atoms with E-state index in [9.17, 15) is 43.8 Å². The number of carbonyl (C=O) groups excluding carboxylic acids is 4. The second-order valence-corrected chi connectivity index (χ2v) is 19.4. The molecule has 93 heavy (non-hydrogen) atoms. The molecule has 0 bridgehead atoms. The fourth-order valence-corrected chi connectivity index (χ4v) is 8.51. The summed E-state index contributed by atoms with van der Waals surface area (Å²) in [6.07, 6.45) is 7.67. The molecule has 2 aliphatic rings. The molecule has 5 aromatic heterocycles. The number of amides is 1. The molecule has 0 saturated carbocycles. The lowest BCUT2D eigenvalue weighted by molar-refractivity contribution is -0.387. The highest BCUT2D eigenvalue weighted by Crippen LogP contribution is 2.33. The van der Waals surface area contributed by atoms with Crippen LogP contribution < -0.4 is 43.4 Å². The van der Waals surface area contributed by atoms with Crippen LogP contribution in [0.4, 0.5) is 84.7 Å². The Labute approximate surface area is 530 Å². The molecule has 10 N–H and O–H groups in total. The Hall–Kier alpha value is -12.6. The van der Waals surface area contributed by atoms with Crippen LogP contribution >= 0.6 is 0 Å². The number of aryl methyl sites for hydroxylation is 5. The second kappa shape index (κ2) is 32.0. The molecule has 10 aromatic rings. The predicted octanol–water partition coefficient (Wildman–Crippen LogP) is 9.90. The maximum absolute atomic E-state index is 12.4. The Morgan fingerprint density at radius 1 is 0.527 bits per heavy atom. The van der Waals surface area contributed by atoms with Crippen molar-refractivity contribution in [2.75, 3.05) is 63.2 Å². The van der Waals surface area contributed by atoms with Crippen LogP contribution in [0, 0.1) is 26.0 Å². The lowest BCUT2D eigenvalue weighted by Crippen LogP contribution is -2.09. The molecule has 32 heteroatoms. The molecule has 0 fully saturated rings. The van der Waals surface area contributed by atoms with E-state index in [4.69, 9.17) is 25.7 Å². The van der Waals surface area contributed by atoms with Gasteiger partial charge in [-0.15, -0.1) is 0 Å². The zero-order valence-electron chi connectivity index (χ0n) is 51.7. The van der Waals surface area contributed by atoms with Crippen molar-refractivity contribution in [3.8, 4) is 0 Å². The van der Waals surface area contributed by atoms with Gasteiger partial charge in [-0.1, -0.05) is 60.7 Å². The number of nitrogen functional groups attached to an aromatic ring is 2. The summed E-state index contributed by atoms with van der Waals surface area (Å²) < 4.78 is 35.0. The van der Waals surface area contributed by atoms with Gasteiger partial charge in [0, 0.05) is 59.5 Å². The van der Waals surface area contributed by atoms with Gasteiger partial charge in [0.2, 0.25) is 5.82 Å². The molecule has 7 heterocycles. The van der Waals surface area contributed by atoms with Gasteiger partial charge < -0.3 is 57.6 Å². The molecule has 0 spiro atoms. The van der Waals surface area contributed by atoms with Crippen LogP contribution in [-0.4, -0.2) is 102 Å². The Balaban J connectivity index is 0.000000160. The third kappa shape index (κ3) is 17.4. The number of nitrogens with two attached hydrogens (primary N) is 2. The zero-order valence-corrected chi connectivity index (χ0v) is 51.7. The maximum Gasteiger partial charge on any atom is 0.343 e. The number of nitrogens with zero attached hydrogens (tertiary/aromatic N) is 12. The number of aromatic nitrogens is 10. The van der Waals surface area contributed by atoms with Crippen molar-refractivity contribution in [1.29, 1.82) is 0 Å². The minimum absolute atomic E-state index is 0.0893. The van der Waals surface area contributed by atoms with Crippen molar-refractivity contribution in [3.05, 3.63) is 206 Å². The number of halogens is 1. The smallest absolute Gasteiger partial charge is 0.343 e. The summed E-state index contributed by atoms with van der Waals surface area (Å²) in [5, 5.41) is 59.9. The average molecular weight is 1280 g/mol. The van der Waals surface area contributed by atoms with Gasteiger partial charge in [-0.05, 0) is 69.3 Å². The largest absolute Gasteiger partial charge is 0.462 e. The number of hydrogen-bond donors (Lipinski definition) is 8. The molecule has 2 aliphatic heterocycles. The first-order valence-corrected chi connectivity index (χ1v) is 28.3. The number of esters is 3. The number of para-hydroxylation sites is 9. The fourth-order valence-electron chi connectivity index (χ4n) is 8.51. The van der Waals surface area contributed by atoms with Gasteiger partial charge >= 0.3 is 23.6 Å². The molecular formula is C61H67FN20O11. The Morgan fingerprint density at radius 2 is 0.946 bits per heavy atom. The van der Waals surface area contributed by atoms with Gasteiger partial charge in [0.05, 0.1) is 94.8 Å². The van der Waals surface area contributed by atoms with Crippen LogP contribution in [-0.2, 0) is 56.0 Å². The van der Waals surface area contributed by atoms with E-state index in [1.807, 2.05) is 72.5 Å². The molecule has 484 valence electrons. The number of anilines is 12. The Bertz CT molecular complexity index is 4270. The molecule has 5 aromatic carbocycles. The quantitative estimate of drug-likeness (QED) is 0.0185. The molecule has 12 rings (SSSR count). The number of hydrogen-bond acceptors (Lipinski definition) is 23. The van der Waals surface area contributed by atoms with Crippen LogP contribution in [0.3, 0.4) is 0 Å². The summed E-state index contributed by atoms with van der Waals surface area (Å²) in [5.74, 6) is 0.679. The van der Waals surface area contributed by atoms with Crippen molar-refractivity contribution in [3.63, 3.8) is 0 Å². The molecule has 0 saturated heterocycles. The summed E-state index contributed by atoms with van der Waals surface area (Å²) >= 11 is 0. The first-order chi connectivity index (χ1) is 44.6. The molecule has 0 radical (unpaired) electrons. The number of carbonyl (C=O) groups is 4. The normalized spacial score (nSPS) is 11.0. The SMILES string of the molecule is CCOC(=O)c1cnn(C)c1N.CCOC(=O)c1cnn(C)c1Nc1ccccc1N.CCOC(=O)c1cnn(C)c1Nc1ccccc1[N+](=O)[O-].Cn1ncc2c1Nc1ccccc1NC2.Cn1ncc2c1Nc1ccccc1NC2=O.O=[N+]([O-])c1ccccc1F. The molecule has 0 unspecified atom stereocenters. The van der Waals surface area contributed by atoms with Gasteiger partial charge in [-0.2, -0.15) is 29.9 Å². The Kier molecular flexibility index (Phi) is 23.4. The molecule has 0 aliphatic carbocycles. The van der Waals surface area contributed by atoms with E-state index in [0.717, 1.165) is 52.9 Å². The number of nitro groups is 2. The van der Waals surface area contributed by atoms with Crippen LogP contribution in [0.15, 0.2) is 152 Å². The standard InChI is InChI=1S/C13H14N4O4.C13H16N4O2.C11H10N4O.C11H12N4.C7H11N3O2.C6H4FNO2/c1-3-21-13(18)9-8-14-16(2)12(9)15-10-6-4-5-7-11(10)17(19)20;1-3-19-13(18)9-8-15-17(2)12(9)16-11-7-5-4-6-10(11)14;1-15-10-7(6-12-15)11(16)14-9-5-3-2-4-8(9)13-10;1-15-11-8(7-13-15)6-12-9-4-2-3-5-10(9)14-11;1-3-12-7(11)5-4-9-10(2)6(5)8;7-5-3-1-2-4-6(5)8(9)10/h4-8,15H,3H2,1-2H3;4-8,16H,3,14H2,1-2H3;2-6,13H,1H3,(H,14,16);2-5,7,12,14H,6H2,1H3;4H,3,8H2,1-2H3;1-4H. The van der Waals surface area contributed by atoms with E-state index in [1.54, 1.807) is 88.8 Å². The highest BCUT2D eigenvalue weighted by Gasteiger charge is 2.24. The summed E-state index contributed by atoms with van der Waals surface area (Å²) in [5.41, 5.74) is 19.0. The van der Waals surface area contributed by atoms with Crippen LogP contribution in [0.1, 0.15) is 67.8 Å². The number of nitro benzene ring substituents is 2. The number of benzene rings is 5. The van der Waals surface area contributed by atoms with Crippen molar-refractivity contribution in [1.82, 2.24) is 48.9 Å². The summed E-state index contributed by atoms with van der Waals surface area (Å²) in [7, 11) is 8.77. The summed E-state index contributed by atoms with van der Waals surface area (Å²) in [6, 6.07) is 34.2. The van der Waals surface area contributed by atoms with Gasteiger partial charge in [0.1, 0.15) is 57.0 Å². The monoisotopic (exact) mass is 1270 g/mol. The highest BCUT2D eigenvalue weighted by atomic mass is 19.1. The van der Waals surface area contributed by atoms with Crippen LogP contribution in [0.5, 0.6) is 0 Å². The van der Waals surface area contributed by atoms with Crippen LogP contribution in [0.25, 0.3) is 0 Å². The minimum atomic E-state index is -0.799. The second-order valence-electron chi connectivity index (χ2n) is 19.4. The number of rotatable bonds is 12. The van der Waals surface area contributed by atoms with Crippen molar-refractivity contribution in [2.24, 2.45) is 35.2 Å². The fraction of sp³-hybridized carbons (Fsp3) is 0.197. The van der Waals surface area contributed by atoms with Gasteiger partial charge in [0.15, 0.2) is 0 Å². The third-order valence-corrected chi connectivity index (χ3v) is 13.2. The van der Waals surface area contributed by atoms with E-state index in [2.05, 4.69) is 69.5 Å². The van der Waals surface area contributed by atoms with Gasteiger partial charge in [-0.25, -0.2) is 14.4 Å². The Morgan fingerprint density at radius 3 is 1.47 bits per heavy atom. The van der Waals surface area contributed by atoms with E-state index in [1.165, 1.54) is 51.7 Å². The first-order valence-electron chi connectivity index (χ1n) is 28.3. The zero-order chi connectivity index (χ0) is 67.3. The van der Waals surface area contributed by atoms with E-state index in [0.29, 0.717) is 58.9 Å². The highest BCUT2D eigenvalue weighted by molar-refractivity contribution is 6.11. The minimum Gasteiger partial charge on any atom is -0.462 e. The van der Waals surface area contributed by atoms with Crippen molar-refractivity contribution < 1.29 is 47.6 Å².